The Labute approximate surface area is 159 Å². The van der Waals surface area contributed by atoms with Crippen molar-refractivity contribution in [3.8, 4) is 0 Å². The minimum absolute atomic E-state index is 0.0479. The number of anilines is 1. The van der Waals surface area contributed by atoms with Gasteiger partial charge in [0.15, 0.2) is 0 Å². The summed E-state index contributed by atoms with van der Waals surface area (Å²) in [7, 11) is 0. The van der Waals surface area contributed by atoms with Gasteiger partial charge in [0.25, 0.3) is 0 Å². The average Bonchev–Trinajstić information content (AvgIpc) is 2.63. The van der Waals surface area contributed by atoms with Crippen LogP contribution in [0.1, 0.15) is 45.4 Å². The third-order valence-corrected chi connectivity index (χ3v) is 5.93. The largest absolute Gasteiger partial charge is 0.342 e. The van der Waals surface area contributed by atoms with Gasteiger partial charge in [0.2, 0.25) is 11.8 Å². The monoisotopic (exact) mass is 378 g/mol. The first-order valence-electron chi connectivity index (χ1n) is 9.37. The number of pyridine rings is 1. The molecule has 2 heterocycles. The Morgan fingerprint density at radius 3 is 2.62 bits per heavy atom. The van der Waals surface area contributed by atoms with E-state index in [0.717, 1.165) is 25.7 Å². The lowest BCUT2D eigenvalue weighted by Crippen LogP contribution is -2.55. The number of carbonyl (C=O) groups is 2. The molecule has 3 N–H and O–H groups in total. The Morgan fingerprint density at radius 2 is 2.00 bits per heavy atom. The summed E-state index contributed by atoms with van der Waals surface area (Å²) in [5.74, 6) is 0.409. The summed E-state index contributed by atoms with van der Waals surface area (Å²) in [6, 6.07) is 3.38. The molecule has 2 atom stereocenters. The van der Waals surface area contributed by atoms with E-state index < -0.39 is 5.54 Å². The van der Waals surface area contributed by atoms with Crippen molar-refractivity contribution in [1.82, 2.24) is 9.88 Å². The second-order valence-electron chi connectivity index (χ2n) is 7.75. The molecular weight excluding hydrogens is 352 g/mol. The Balaban J connectivity index is 1.52. The second-order valence-corrected chi connectivity index (χ2v) is 8.19. The maximum Gasteiger partial charge on any atom is 0.228 e. The van der Waals surface area contributed by atoms with Crippen LogP contribution < -0.4 is 11.1 Å². The van der Waals surface area contributed by atoms with E-state index in [4.69, 9.17) is 17.3 Å². The number of nitrogens with one attached hydrogen (secondary N) is 1. The van der Waals surface area contributed by atoms with E-state index in [1.807, 2.05) is 11.8 Å². The van der Waals surface area contributed by atoms with Gasteiger partial charge in [0, 0.05) is 30.7 Å². The highest BCUT2D eigenvalue weighted by molar-refractivity contribution is 6.30. The number of piperidine rings is 1. The Bertz CT molecular complexity index is 654. The fourth-order valence-electron chi connectivity index (χ4n) is 4.02. The second kappa shape index (κ2) is 7.92. The van der Waals surface area contributed by atoms with Crippen LogP contribution >= 0.6 is 11.6 Å². The van der Waals surface area contributed by atoms with Gasteiger partial charge in [-0.3, -0.25) is 9.59 Å². The molecule has 1 aliphatic carbocycles. The Kier molecular flexibility index (Phi) is 5.82. The molecule has 1 saturated heterocycles. The van der Waals surface area contributed by atoms with Crippen LogP contribution in [0.3, 0.4) is 0 Å². The van der Waals surface area contributed by atoms with Gasteiger partial charge in [-0.15, -0.1) is 0 Å². The van der Waals surface area contributed by atoms with Crippen molar-refractivity contribution in [3.05, 3.63) is 23.4 Å². The van der Waals surface area contributed by atoms with E-state index in [-0.39, 0.29) is 23.7 Å². The van der Waals surface area contributed by atoms with Crippen LogP contribution in [0.4, 0.5) is 5.82 Å². The van der Waals surface area contributed by atoms with Crippen molar-refractivity contribution in [2.75, 3.05) is 18.4 Å². The third-order valence-electron chi connectivity index (χ3n) is 5.71. The summed E-state index contributed by atoms with van der Waals surface area (Å²) < 4.78 is 0. The lowest BCUT2D eigenvalue weighted by Gasteiger charge is -2.41. The zero-order chi connectivity index (χ0) is 18.7. The number of rotatable bonds is 3. The average molecular weight is 379 g/mol. The fourth-order valence-corrected chi connectivity index (χ4v) is 4.14. The molecule has 1 aromatic heterocycles. The quantitative estimate of drug-likeness (QED) is 0.846. The number of carbonyl (C=O) groups excluding carboxylic acids is 2. The Hall–Kier alpha value is -1.66. The molecule has 0 aromatic carbocycles. The van der Waals surface area contributed by atoms with Gasteiger partial charge in [-0.1, -0.05) is 24.4 Å². The first kappa shape index (κ1) is 19.1. The molecule has 7 heteroatoms. The highest BCUT2D eigenvalue weighted by Gasteiger charge is 2.40. The first-order chi connectivity index (χ1) is 12.4. The minimum Gasteiger partial charge on any atom is -0.342 e. The number of likely N-dealkylation sites (tertiary alicyclic amines) is 1. The molecular formula is C19H27ClN4O2. The van der Waals surface area contributed by atoms with E-state index in [1.54, 1.807) is 12.1 Å². The number of hydrogen-bond donors (Lipinski definition) is 2. The summed E-state index contributed by atoms with van der Waals surface area (Å²) in [5.41, 5.74) is 5.96. The SMILES string of the molecule is CC1(N)CCCCC1C(=O)N1CCC(C(=O)Nc2ccc(Cl)cn2)CC1. The maximum atomic E-state index is 12.9. The molecule has 6 nitrogen and oxygen atoms in total. The molecule has 1 aromatic rings. The van der Waals surface area contributed by atoms with Crippen molar-refractivity contribution < 1.29 is 9.59 Å². The van der Waals surface area contributed by atoms with Gasteiger partial charge in [-0.25, -0.2) is 4.98 Å². The van der Waals surface area contributed by atoms with Crippen LogP contribution in [0, 0.1) is 11.8 Å². The van der Waals surface area contributed by atoms with E-state index in [1.165, 1.54) is 6.20 Å². The molecule has 0 spiro atoms. The van der Waals surface area contributed by atoms with Crippen molar-refractivity contribution in [2.24, 2.45) is 17.6 Å². The van der Waals surface area contributed by atoms with Crippen LogP contribution in [0.15, 0.2) is 18.3 Å². The van der Waals surface area contributed by atoms with E-state index in [0.29, 0.717) is 36.8 Å². The smallest absolute Gasteiger partial charge is 0.228 e. The van der Waals surface area contributed by atoms with Gasteiger partial charge < -0.3 is 16.0 Å². The van der Waals surface area contributed by atoms with Gasteiger partial charge in [-0.2, -0.15) is 0 Å². The highest BCUT2D eigenvalue weighted by Crippen LogP contribution is 2.34. The molecule has 2 aliphatic rings. The lowest BCUT2D eigenvalue weighted by molar-refractivity contribution is -0.141. The zero-order valence-corrected chi connectivity index (χ0v) is 16.0. The normalized spacial score (nSPS) is 27.2. The van der Waals surface area contributed by atoms with Gasteiger partial charge in [-0.05, 0) is 44.7 Å². The molecule has 26 heavy (non-hydrogen) atoms. The standard InChI is InChI=1S/C19H27ClN4O2/c1-19(21)9-3-2-4-15(19)18(26)24-10-7-13(8-11-24)17(25)23-16-6-5-14(20)12-22-16/h5-6,12-13,15H,2-4,7-11,21H2,1H3,(H,22,23,25). The zero-order valence-electron chi connectivity index (χ0n) is 15.2. The topological polar surface area (TPSA) is 88.3 Å². The number of hydrogen-bond acceptors (Lipinski definition) is 4. The molecule has 1 saturated carbocycles. The van der Waals surface area contributed by atoms with E-state index in [9.17, 15) is 9.59 Å². The minimum atomic E-state index is -0.413. The predicted octanol–water partition coefficient (Wildman–Crippen LogP) is 2.82. The van der Waals surface area contributed by atoms with Crippen LogP contribution in [0.2, 0.25) is 5.02 Å². The van der Waals surface area contributed by atoms with Gasteiger partial charge >= 0.3 is 0 Å². The van der Waals surface area contributed by atoms with Crippen molar-refractivity contribution in [1.29, 1.82) is 0 Å². The number of amides is 2. The van der Waals surface area contributed by atoms with Gasteiger partial charge in [0.1, 0.15) is 5.82 Å². The molecule has 0 bridgehead atoms. The van der Waals surface area contributed by atoms with Crippen molar-refractivity contribution in [2.45, 2.75) is 51.0 Å². The third kappa shape index (κ3) is 4.35. The summed E-state index contributed by atoms with van der Waals surface area (Å²) in [5, 5.41) is 3.36. The molecule has 0 radical (unpaired) electrons. The molecule has 2 fully saturated rings. The molecule has 3 rings (SSSR count). The van der Waals surface area contributed by atoms with Crippen molar-refractivity contribution >= 4 is 29.2 Å². The predicted molar refractivity (Wildman–Crippen MR) is 102 cm³/mol. The van der Waals surface area contributed by atoms with Crippen LogP contribution in [-0.2, 0) is 9.59 Å². The van der Waals surface area contributed by atoms with Crippen LogP contribution in [0.25, 0.3) is 0 Å². The summed E-state index contributed by atoms with van der Waals surface area (Å²) in [6.45, 7) is 3.21. The Morgan fingerprint density at radius 1 is 1.27 bits per heavy atom. The molecule has 2 unspecified atom stereocenters. The fraction of sp³-hybridized carbons (Fsp3) is 0.632. The van der Waals surface area contributed by atoms with Crippen LogP contribution in [0.5, 0.6) is 0 Å². The number of nitrogens with two attached hydrogens (primary N) is 1. The van der Waals surface area contributed by atoms with Gasteiger partial charge in [0.05, 0.1) is 10.9 Å². The molecule has 142 valence electrons. The van der Waals surface area contributed by atoms with E-state index >= 15 is 0 Å². The first-order valence-corrected chi connectivity index (χ1v) is 9.75. The van der Waals surface area contributed by atoms with E-state index in [2.05, 4.69) is 10.3 Å². The summed E-state index contributed by atoms with van der Waals surface area (Å²) >= 11 is 5.81. The summed E-state index contributed by atoms with van der Waals surface area (Å²) in [6.07, 6.45) is 6.77. The molecule has 1 aliphatic heterocycles. The number of nitrogens with zero attached hydrogens (tertiary/aromatic N) is 2. The summed E-state index contributed by atoms with van der Waals surface area (Å²) in [4.78, 5) is 31.3. The maximum absolute atomic E-state index is 12.9. The lowest BCUT2D eigenvalue weighted by atomic mass is 9.73. The number of aromatic nitrogens is 1. The molecule has 2 amide bonds. The van der Waals surface area contributed by atoms with Crippen LogP contribution in [-0.4, -0.2) is 40.3 Å². The highest BCUT2D eigenvalue weighted by atomic mass is 35.5. The van der Waals surface area contributed by atoms with Crippen molar-refractivity contribution in [3.63, 3.8) is 0 Å². The number of halogens is 1.